The molecule has 1 atom stereocenters. The number of morpholine rings is 1. The summed E-state index contributed by atoms with van der Waals surface area (Å²) in [5, 5.41) is 19.4. The molecule has 4 rings (SSSR count). The number of aromatic hydroxyl groups is 2. The lowest BCUT2D eigenvalue weighted by atomic mass is 9.92. The fourth-order valence-electron chi connectivity index (χ4n) is 3.88. The van der Waals surface area contributed by atoms with E-state index < -0.39 is 0 Å². The van der Waals surface area contributed by atoms with Crippen molar-refractivity contribution < 1.29 is 19.7 Å². The summed E-state index contributed by atoms with van der Waals surface area (Å²) in [5.41, 5.74) is 3.31. The molecule has 0 saturated carbocycles. The van der Waals surface area contributed by atoms with Crippen LogP contribution >= 0.6 is 0 Å². The van der Waals surface area contributed by atoms with E-state index in [2.05, 4.69) is 17.0 Å². The Labute approximate surface area is 158 Å². The summed E-state index contributed by atoms with van der Waals surface area (Å²) in [6.07, 6.45) is 0.677. The van der Waals surface area contributed by atoms with Crippen LogP contribution < -0.4 is 0 Å². The zero-order valence-electron chi connectivity index (χ0n) is 15.2. The third-order valence-corrected chi connectivity index (χ3v) is 5.38. The maximum absolute atomic E-state index is 13.2. The minimum Gasteiger partial charge on any atom is -0.504 e. The first-order chi connectivity index (χ1) is 13.1. The van der Waals surface area contributed by atoms with Gasteiger partial charge >= 0.3 is 0 Å². The van der Waals surface area contributed by atoms with Crippen LogP contribution in [0.25, 0.3) is 0 Å². The third-order valence-electron chi connectivity index (χ3n) is 5.38. The number of hydrogen-bond acceptors (Lipinski definition) is 5. The van der Waals surface area contributed by atoms with Gasteiger partial charge in [0.15, 0.2) is 11.5 Å². The third kappa shape index (κ3) is 3.77. The number of fused-ring (bicyclic) bond motifs is 1. The molecule has 27 heavy (non-hydrogen) atoms. The van der Waals surface area contributed by atoms with E-state index in [9.17, 15) is 15.0 Å². The highest BCUT2D eigenvalue weighted by Crippen LogP contribution is 2.29. The van der Waals surface area contributed by atoms with E-state index in [-0.39, 0.29) is 23.4 Å². The second-order valence-electron chi connectivity index (χ2n) is 7.15. The van der Waals surface area contributed by atoms with Crippen molar-refractivity contribution in [2.75, 3.05) is 26.3 Å². The molecule has 0 radical (unpaired) electrons. The second kappa shape index (κ2) is 7.58. The van der Waals surface area contributed by atoms with E-state index in [1.54, 1.807) is 12.1 Å². The van der Waals surface area contributed by atoms with Crippen LogP contribution in [0.5, 0.6) is 11.5 Å². The molecule has 6 heteroatoms. The standard InChI is InChI=1S/C21H24N2O4/c24-19-6-5-15(11-20(19)25)13-23-14-17-4-2-1-3-16(17)12-18(23)21(26)22-7-9-27-10-8-22/h1-6,11,18,24-25H,7-10,12-14H2/t18-/m0/s1. The van der Waals surface area contributed by atoms with E-state index in [1.807, 2.05) is 17.0 Å². The fourth-order valence-corrected chi connectivity index (χ4v) is 3.88. The second-order valence-corrected chi connectivity index (χ2v) is 7.15. The molecule has 1 amide bonds. The van der Waals surface area contributed by atoms with Gasteiger partial charge in [-0.05, 0) is 35.2 Å². The number of amides is 1. The van der Waals surface area contributed by atoms with Gasteiger partial charge in [0, 0.05) is 26.2 Å². The smallest absolute Gasteiger partial charge is 0.240 e. The van der Waals surface area contributed by atoms with Gasteiger partial charge in [0.1, 0.15) is 0 Å². The summed E-state index contributed by atoms with van der Waals surface area (Å²) < 4.78 is 5.38. The Morgan fingerprint density at radius 1 is 1.04 bits per heavy atom. The first-order valence-electron chi connectivity index (χ1n) is 9.30. The molecule has 6 nitrogen and oxygen atoms in total. The van der Waals surface area contributed by atoms with E-state index in [0.717, 1.165) is 5.56 Å². The van der Waals surface area contributed by atoms with Gasteiger partial charge in [-0.1, -0.05) is 30.3 Å². The van der Waals surface area contributed by atoms with Gasteiger partial charge in [-0.15, -0.1) is 0 Å². The highest BCUT2D eigenvalue weighted by molar-refractivity contribution is 5.82. The molecule has 2 aliphatic rings. The predicted molar refractivity (Wildman–Crippen MR) is 100 cm³/mol. The van der Waals surface area contributed by atoms with Gasteiger partial charge in [-0.25, -0.2) is 0 Å². The van der Waals surface area contributed by atoms with Gasteiger partial charge in [0.05, 0.1) is 19.3 Å². The van der Waals surface area contributed by atoms with Crippen molar-refractivity contribution in [2.24, 2.45) is 0 Å². The van der Waals surface area contributed by atoms with Crippen LogP contribution in [0.15, 0.2) is 42.5 Å². The molecule has 0 aliphatic carbocycles. The zero-order chi connectivity index (χ0) is 18.8. The number of hydrogen-bond donors (Lipinski definition) is 2. The number of rotatable bonds is 3. The van der Waals surface area contributed by atoms with Crippen LogP contribution in [-0.4, -0.2) is 58.3 Å². The van der Waals surface area contributed by atoms with Crippen molar-refractivity contribution in [3.63, 3.8) is 0 Å². The Balaban J connectivity index is 1.60. The van der Waals surface area contributed by atoms with Crippen LogP contribution in [0.2, 0.25) is 0 Å². The molecule has 2 aliphatic heterocycles. The molecular formula is C21H24N2O4. The summed E-state index contributed by atoms with van der Waals surface area (Å²) in [7, 11) is 0. The first kappa shape index (κ1) is 17.8. The van der Waals surface area contributed by atoms with Crippen LogP contribution in [0.3, 0.4) is 0 Å². The summed E-state index contributed by atoms with van der Waals surface area (Å²) >= 11 is 0. The van der Waals surface area contributed by atoms with Crippen LogP contribution in [0, 0.1) is 0 Å². The van der Waals surface area contributed by atoms with Gasteiger partial charge in [-0.3, -0.25) is 9.69 Å². The molecule has 1 saturated heterocycles. The molecular weight excluding hydrogens is 344 g/mol. The molecule has 1 fully saturated rings. The molecule has 142 valence electrons. The van der Waals surface area contributed by atoms with E-state index >= 15 is 0 Å². The largest absolute Gasteiger partial charge is 0.504 e. The van der Waals surface area contributed by atoms with E-state index in [4.69, 9.17) is 4.74 Å². The average Bonchev–Trinajstić information content (AvgIpc) is 2.70. The van der Waals surface area contributed by atoms with Crippen molar-refractivity contribution in [3.8, 4) is 11.5 Å². The highest BCUT2D eigenvalue weighted by atomic mass is 16.5. The number of ether oxygens (including phenoxy) is 1. The summed E-state index contributed by atoms with van der Waals surface area (Å²) in [6, 6.07) is 12.8. The monoisotopic (exact) mass is 368 g/mol. The van der Waals surface area contributed by atoms with Gasteiger partial charge < -0.3 is 19.8 Å². The lowest BCUT2D eigenvalue weighted by molar-refractivity contribution is -0.142. The van der Waals surface area contributed by atoms with Gasteiger partial charge in [-0.2, -0.15) is 0 Å². The Kier molecular flexibility index (Phi) is 5.01. The zero-order valence-corrected chi connectivity index (χ0v) is 15.2. The van der Waals surface area contributed by atoms with Crippen molar-refractivity contribution in [1.29, 1.82) is 0 Å². The molecule has 2 N–H and O–H groups in total. The molecule has 2 aromatic carbocycles. The molecule has 0 unspecified atom stereocenters. The number of carbonyl (C=O) groups is 1. The number of phenolic OH excluding ortho intramolecular Hbond substituents is 2. The van der Waals surface area contributed by atoms with Gasteiger partial charge in [0.25, 0.3) is 0 Å². The average molecular weight is 368 g/mol. The Bertz CT molecular complexity index is 833. The van der Waals surface area contributed by atoms with Crippen LogP contribution in [-0.2, 0) is 29.0 Å². The highest BCUT2D eigenvalue weighted by Gasteiger charge is 2.34. The predicted octanol–water partition coefficient (Wildman–Crippen LogP) is 1.88. The van der Waals surface area contributed by atoms with Crippen molar-refractivity contribution >= 4 is 5.91 Å². The SMILES string of the molecule is O=C([C@@H]1Cc2ccccc2CN1Cc1ccc(O)c(O)c1)N1CCOCC1. The van der Waals surface area contributed by atoms with Crippen molar-refractivity contribution in [3.05, 3.63) is 59.2 Å². The maximum atomic E-state index is 13.2. The van der Waals surface area contributed by atoms with E-state index in [0.29, 0.717) is 45.8 Å². The van der Waals surface area contributed by atoms with E-state index in [1.165, 1.54) is 17.2 Å². The lowest BCUT2D eigenvalue weighted by Gasteiger charge is -2.39. The Morgan fingerprint density at radius 2 is 1.78 bits per heavy atom. The number of benzene rings is 2. The summed E-state index contributed by atoms with van der Waals surface area (Å²) in [5.74, 6) is -0.138. The van der Waals surface area contributed by atoms with Crippen molar-refractivity contribution in [1.82, 2.24) is 9.80 Å². The molecule has 0 spiro atoms. The number of phenols is 2. The fraction of sp³-hybridized carbons (Fsp3) is 0.381. The minimum absolute atomic E-state index is 0.135. The molecule has 2 aromatic rings. The van der Waals surface area contributed by atoms with Crippen LogP contribution in [0.4, 0.5) is 0 Å². The lowest BCUT2D eigenvalue weighted by Crippen LogP contribution is -2.53. The molecule has 2 heterocycles. The van der Waals surface area contributed by atoms with Crippen LogP contribution in [0.1, 0.15) is 16.7 Å². The Morgan fingerprint density at radius 3 is 2.52 bits per heavy atom. The topological polar surface area (TPSA) is 73.2 Å². The molecule has 0 aromatic heterocycles. The van der Waals surface area contributed by atoms with Crippen molar-refractivity contribution in [2.45, 2.75) is 25.6 Å². The normalized spacial score (nSPS) is 20.3. The maximum Gasteiger partial charge on any atom is 0.240 e. The summed E-state index contributed by atoms with van der Waals surface area (Å²) in [4.78, 5) is 17.3. The van der Waals surface area contributed by atoms with Gasteiger partial charge in [0.2, 0.25) is 5.91 Å². The molecule has 0 bridgehead atoms. The summed E-state index contributed by atoms with van der Waals surface area (Å²) in [6.45, 7) is 3.64. The number of nitrogens with zero attached hydrogens (tertiary/aromatic N) is 2. The Hall–Kier alpha value is -2.57. The first-order valence-corrected chi connectivity index (χ1v) is 9.30. The number of carbonyl (C=O) groups excluding carboxylic acids is 1. The quantitative estimate of drug-likeness (QED) is 0.810. The minimum atomic E-state index is -0.242.